The second kappa shape index (κ2) is 9.59. The minimum Gasteiger partial charge on any atom is -0.378 e. The smallest absolute Gasteiger partial charge is 0.165 e. The SMILES string of the molecule is NC1(c2ccc(-n3c(-c4ccccc4F)nc4ccc(-c5cccc(N6CCOCC6)c5)nc43)cc2)CCC1. The molecule has 1 saturated heterocycles. The van der Waals surface area contributed by atoms with Gasteiger partial charge in [0, 0.05) is 35.6 Å². The molecule has 0 bridgehead atoms. The topological polar surface area (TPSA) is 69.2 Å². The van der Waals surface area contributed by atoms with Gasteiger partial charge in [0.25, 0.3) is 0 Å². The van der Waals surface area contributed by atoms with Crippen molar-refractivity contribution in [1.82, 2.24) is 14.5 Å². The molecule has 1 aliphatic carbocycles. The van der Waals surface area contributed by atoms with Crippen molar-refractivity contribution >= 4 is 16.9 Å². The van der Waals surface area contributed by atoms with E-state index in [0.717, 1.165) is 73.8 Å². The van der Waals surface area contributed by atoms with Crippen LogP contribution < -0.4 is 10.6 Å². The lowest BCUT2D eigenvalue weighted by Crippen LogP contribution is -2.43. The van der Waals surface area contributed by atoms with Crippen molar-refractivity contribution in [1.29, 1.82) is 0 Å². The lowest BCUT2D eigenvalue weighted by atomic mass is 9.73. The Labute approximate surface area is 226 Å². The fourth-order valence-electron chi connectivity index (χ4n) is 5.66. The van der Waals surface area contributed by atoms with Crippen LogP contribution in [0.2, 0.25) is 0 Å². The number of ether oxygens (including phenoxy) is 1. The third-order valence-electron chi connectivity index (χ3n) is 8.08. The van der Waals surface area contributed by atoms with Crippen LogP contribution in [-0.2, 0) is 10.3 Å². The number of hydrogen-bond donors (Lipinski definition) is 1. The first-order chi connectivity index (χ1) is 19.1. The van der Waals surface area contributed by atoms with Gasteiger partial charge in [0.15, 0.2) is 5.65 Å². The molecule has 2 N–H and O–H groups in total. The van der Waals surface area contributed by atoms with Crippen molar-refractivity contribution in [3.05, 3.63) is 96.3 Å². The first kappa shape index (κ1) is 24.0. The van der Waals surface area contributed by atoms with Crippen molar-refractivity contribution in [2.75, 3.05) is 31.2 Å². The predicted octanol–water partition coefficient (Wildman–Crippen LogP) is 6.07. The normalized spacial score (nSPS) is 16.8. The maximum atomic E-state index is 15.0. The van der Waals surface area contributed by atoms with E-state index in [1.54, 1.807) is 12.1 Å². The Bertz CT molecular complexity index is 1650. The Morgan fingerprint density at radius 1 is 0.821 bits per heavy atom. The van der Waals surface area contributed by atoms with Crippen LogP contribution in [0.5, 0.6) is 0 Å². The number of benzene rings is 3. The van der Waals surface area contributed by atoms with Crippen LogP contribution in [-0.4, -0.2) is 40.8 Å². The summed E-state index contributed by atoms with van der Waals surface area (Å²) in [5.41, 5.74) is 13.2. The highest BCUT2D eigenvalue weighted by Gasteiger charge is 2.34. The summed E-state index contributed by atoms with van der Waals surface area (Å²) in [6.45, 7) is 3.20. The van der Waals surface area contributed by atoms with E-state index in [-0.39, 0.29) is 11.4 Å². The van der Waals surface area contributed by atoms with Crippen LogP contribution in [0.25, 0.3) is 39.5 Å². The number of anilines is 1. The van der Waals surface area contributed by atoms with Crippen molar-refractivity contribution in [3.8, 4) is 28.3 Å². The summed E-state index contributed by atoms with van der Waals surface area (Å²) >= 11 is 0. The Balaban J connectivity index is 1.36. The van der Waals surface area contributed by atoms with Crippen LogP contribution in [0.1, 0.15) is 24.8 Å². The number of fused-ring (bicyclic) bond motifs is 1. The minimum atomic E-state index is -0.320. The van der Waals surface area contributed by atoms with E-state index < -0.39 is 0 Å². The summed E-state index contributed by atoms with van der Waals surface area (Å²) in [5, 5.41) is 0. The number of imidazole rings is 1. The van der Waals surface area contributed by atoms with E-state index in [2.05, 4.69) is 41.3 Å². The Morgan fingerprint density at radius 3 is 2.36 bits per heavy atom. The summed E-state index contributed by atoms with van der Waals surface area (Å²) in [4.78, 5) is 12.3. The van der Waals surface area contributed by atoms with E-state index in [9.17, 15) is 0 Å². The first-order valence-electron chi connectivity index (χ1n) is 13.6. The molecule has 39 heavy (non-hydrogen) atoms. The Kier molecular flexibility index (Phi) is 5.90. The molecule has 196 valence electrons. The molecular formula is C32H30FN5O. The molecule has 0 unspecified atom stereocenters. The average Bonchev–Trinajstić information content (AvgIpc) is 3.35. The third-order valence-corrected chi connectivity index (χ3v) is 8.08. The highest BCUT2D eigenvalue weighted by molar-refractivity contribution is 5.83. The maximum absolute atomic E-state index is 15.0. The molecule has 0 atom stereocenters. The molecule has 3 heterocycles. The quantitative estimate of drug-likeness (QED) is 0.305. The van der Waals surface area contributed by atoms with Gasteiger partial charge in [-0.05, 0) is 73.4 Å². The van der Waals surface area contributed by atoms with Gasteiger partial charge in [-0.2, -0.15) is 0 Å². The number of morpholine rings is 1. The van der Waals surface area contributed by atoms with E-state index >= 15 is 4.39 Å². The molecule has 2 fully saturated rings. The van der Waals surface area contributed by atoms with Crippen molar-refractivity contribution in [2.24, 2.45) is 5.73 Å². The van der Waals surface area contributed by atoms with Crippen LogP contribution in [0.15, 0.2) is 84.9 Å². The number of nitrogens with two attached hydrogens (primary N) is 1. The molecule has 6 nitrogen and oxygen atoms in total. The zero-order valence-electron chi connectivity index (χ0n) is 21.7. The standard InChI is InChI=1S/C32H30FN5O/c33-27-8-2-1-7-26(27)30-36-29-14-13-28(22-5-3-6-25(21-22)37-17-19-39-20-18-37)35-31(29)38(30)24-11-9-23(10-12-24)32(34)15-4-16-32/h1-3,5-14,21H,4,15-20,34H2. The zero-order chi connectivity index (χ0) is 26.4. The van der Waals surface area contributed by atoms with Crippen molar-refractivity contribution < 1.29 is 9.13 Å². The van der Waals surface area contributed by atoms with Crippen LogP contribution in [0, 0.1) is 5.82 Å². The largest absolute Gasteiger partial charge is 0.378 e. The molecule has 2 aromatic heterocycles. The lowest BCUT2D eigenvalue weighted by Gasteiger charge is -2.38. The first-order valence-corrected chi connectivity index (χ1v) is 13.6. The molecular weight excluding hydrogens is 489 g/mol. The summed E-state index contributed by atoms with van der Waals surface area (Å²) in [6.07, 6.45) is 3.14. The number of rotatable bonds is 5. The van der Waals surface area contributed by atoms with E-state index in [4.69, 9.17) is 20.4 Å². The monoisotopic (exact) mass is 519 g/mol. The molecule has 0 spiro atoms. The number of hydrogen-bond acceptors (Lipinski definition) is 5. The van der Waals surface area contributed by atoms with Gasteiger partial charge in [0.05, 0.1) is 24.5 Å². The van der Waals surface area contributed by atoms with Gasteiger partial charge in [-0.3, -0.25) is 4.57 Å². The lowest BCUT2D eigenvalue weighted by molar-refractivity contribution is 0.122. The van der Waals surface area contributed by atoms with Gasteiger partial charge in [-0.25, -0.2) is 14.4 Å². The number of aromatic nitrogens is 3. The van der Waals surface area contributed by atoms with E-state index in [0.29, 0.717) is 22.6 Å². The maximum Gasteiger partial charge on any atom is 0.165 e. The molecule has 0 radical (unpaired) electrons. The van der Waals surface area contributed by atoms with Gasteiger partial charge in [-0.1, -0.05) is 36.4 Å². The van der Waals surface area contributed by atoms with Gasteiger partial charge in [-0.15, -0.1) is 0 Å². The molecule has 0 amide bonds. The molecule has 2 aliphatic rings. The van der Waals surface area contributed by atoms with Gasteiger partial charge >= 0.3 is 0 Å². The summed E-state index contributed by atoms with van der Waals surface area (Å²) in [5.74, 6) is 0.202. The van der Waals surface area contributed by atoms with Gasteiger partial charge in [0.1, 0.15) is 17.2 Å². The molecule has 5 aromatic rings. The summed E-state index contributed by atoms with van der Waals surface area (Å²) in [6, 6.07) is 27.4. The van der Waals surface area contributed by atoms with Gasteiger partial charge in [0.2, 0.25) is 0 Å². The van der Waals surface area contributed by atoms with E-state index in [1.165, 1.54) is 6.07 Å². The number of nitrogens with zero attached hydrogens (tertiary/aromatic N) is 4. The minimum absolute atomic E-state index is 0.249. The molecule has 1 saturated carbocycles. The summed E-state index contributed by atoms with van der Waals surface area (Å²) < 4.78 is 22.5. The summed E-state index contributed by atoms with van der Waals surface area (Å²) in [7, 11) is 0. The predicted molar refractivity (Wildman–Crippen MR) is 152 cm³/mol. The fourth-order valence-corrected chi connectivity index (χ4v) is 5.66. The fraction of sp³-hybridized carbons (Fsp3) is 0.250. The number of pyridine rings is 1. The second-order valence-electron chi connectivity index (χ2n) is 10.5. The van der Waals surface area contributed by atoms with Gasteiger partial charge < -0.3 is 15.4 Å². The van der Waals surface area contributed by atoms with Crippen LogP contribution in [0.4, 0.5) is 10.1 Å². The number of halogens is 1. The Hall–Kier alpha value is -4.07. The highest BCUT2D eigenvalue weighted by atomic mass is 19.1. The second-order valence-corrected chi connectivity index (χ2v) is 10.5. The van der Waals surface area contributed by atoms with Crippen LogP contribution in [0.3, 0.4) is 0 Å². The molecule has 3 aromatic carbocycles. The molecule has 7 rings (SSSR count). The van der Waals surface area contributed by atoms with Crippen LogP contribution >= 0.6 is 0 Å². The zero-order valence-corrected chi connectivity index (χ0v) is 21.7. The van der Waals surface area contributed by atoms with Crippen molar-refractivity contribution in [3.63, 3.8) is 0 Å². The average molecular weight is 520 g/mol. The highest BCUT2D eigenvalue weighted by Crippen LogP contribution is 2.39. The van der Waals surface area contributed by atoms with E-state index in [1.807, 2.05) is 34.9 Å². The third kappa shape index (κ3) is 4.28. The molecule has 7 heteroatoms. The van der Waals surface area contributed by atoms with Crippen molar-refractivity contribution in [2.45, 2.75) is 24.8 Å². The molecule has 1 aliphatic heterocycles. The Morgan fingerprint density at radius 2 is 1.62 bits per heavy atom.